The first-order chi connectivity index (χ1) is 16.8. The fraction of sp³-hybridized carbons (Fsp3) is 0.464. The van der Waals surface area contributed by atoms with Crippen LogP contribution < -0.4 is 10.1 Å². The van der Waals surface area contributed by atoms with Crippen molar-refractivity contribution in [3.63, 3.8) is 0 Å². The van der Waals surface area contributed by atoms with E-state index in [-0.39, 0.29) is 24.0 Å². The molecule has 7 nitrogen and oxygen atoms in total. The van der Waals surface area contributed by atoms with Crippen LogP contribution in [-0.2, 0) is 17.9 Å². The molecular formula is C28H34N4O3. The first kappa shape index (κ1) is 23.4. The lowest BCUT2D eigenvalue weighted by Gasteiger charge is -2.44. The van der Waals surface area contributed by atoms with E-state index in [2.05, 4.69) is 10.3 Å². The van der Waals surface area contributed by atoms with Gasteiger partial charge in [-0.15, -0.1) is 0 Å². The summed E-state index contributed by atoms with van der Waals surface area (Å²) >= 11 is 0. The Labute approximate surface area is 206 Å². The van der Waals surface area contributed by atoms with Crippen molar-refractivity contribution < 1.29 is 14.3 Å². The molecule has 1 saturated carbocycles. The van der Waals surface area contributed by atoms with Crippen molar-refractivity contribution in [1.29, 1.82) is 0 Å². The van der Waals surface area contributed by atoms with Crippen molar-refractivity contribution in [2.24, 2.45) is 0 Å². The Morgan fingerprint density at radius 3 is 2.54 bits per heavy atom. The number of benzene rings is 2. The SMILES string of the molecule is CC(C)Oc1ccc(CN2C(=O)c3nc4ccccc4n3C[C@@]2(C)C(=O)NC2CCCCC2)cc1. The molecule has 1 N–H and O–H groups in total. The van der Waals surface area contributed by atoms with E-state index in [1.165, 1.54) is 6.42 Å². The Balaban J connectivity index is 1.49. The molecule has 7 heteroatoms. The van der Waals surface area contributed by atoms with Crippen LogP contribution >= 0.6 is 0 Å². The van der Waals surface area contributed by atoms with Crippen molar-refractivity contribution in [3.8, 4) is 5.75 Å². The lowest BCUT2D eigenvalue weighted by molar-refractivity contribution is -0.134. The summed E-state index contributed by atoms with van der Waals surface area (Å²) in [6.45, 7) is 6.54. The zero-order valence-electron chi connectivity index (χ0n) is 20.8. The minimum absolute atomic E-state index is 0.0873. The Hall–Kier alpha value is -3.35. The van der Waals surface area contributed by atoms with Crippen LogP contribution in [0.4, 0.5) is 0 Å². The van der Waals surface area contributed by atoms with Crippen molar-refractivity contribution in [2.45, 2.75) is 83.6 Å². The summed E-state index contributed by atoms with van der Waals surface area (Å²) in [4.78, 5) is 34.0. The van der Waals surface area contributed by atoms with Gasteiger partial charge in [0.1, 0.15) is 11.3 Å². The van der Waals surface area contributed by atoms with E-state index in [0.29, 0.717) is 18.9 Å². The molecule has 1 fully saturated rings. The van der Waals surface area contributed by atoms with Gasteiger partial charge in [-0.1, -0.05) is 43.5 Å². The van der Waals surface area contributed by atoms with E-state index in [9.17, 15) is 9.59 Å². The third kappa shape index (κ3) is 4.51. The Bertz CT molecular complexity index is 1230. The van der Waals surface area contributed by atoms with E-state index >= 15 is 0 Å². The summed E-state index contributed by atoms with van der Waals surface area (Å²) < 4.78 is 7.68. The number of hydrogen-bond acceptors (Lipinski definition) is 4. The maximum absolute atomic E-state index is 13.9. The number of aromatic nitrogens is 2. The van der Waals surface area contributed by atoms with Gasteiger partial charge in [-0.25, -0.2) is 4.98 Å². The van der Waals surface area contributed by atoms with Crippen LogP contribution in [0.25, 0.3) is 11.0 Å². The van der Waals surface area contributed by atoms with E-state index in [0.717, 1.165) is 48.0 Å². The molecule has 2 amide bonds. The molecule has 35 heavy (non-hydrogen) atoms. The zero-order chi connectivity index (χ0) is 24.6. The number of nitrogens with zero attached hydrogens (tertiary/aromatic N) is 3. The molecule has 0 unspecified atom stereocenters. The minimum atomic E-state index is -1.04. The molecule has 0 bridgehead atoms. The van der Waals surface area contributed by atoms with Crippen LogP contribution in [0.3, 0.4) is 0 Å². The number of rotatable bonds is 6. The molecule has 1 aliphatic carbocycles. The molecule has 1 aliphatic heterocycles. The first-order valence-electron chi connectivity index (χ1n) is 12.7. The highest BCUT2D eigenvalue weighted by Gasteiger charge is 2.48. The van der Waals surface area contributed by atoms with Crippen LogP contribution in [0.2, 0.25) is 0 Å². The molecule has 184 valence electrons. The lowest BCUT2D eigenvalue weighted by Crippen LogP contribution is -2.64. The number of para-hydroxylation sites is 2. The Morgan fingerprint density at radius 2 is 1.83 bits per heavy atom. The molecule has 2 aromatic carbocycles. The predicted molar refractivity (Wildman–Crippen MR) is 135 cm³/mol. The predicted octanol–water partition coefficient (Wildman–Crippen LogP) is 4.69. The van der Waals surface area contributed by atoms with Gasteiger partial charge in [0.15, 0.2) is 5.82 Å². The third-order valence-electron chi connectivity index (χ3n) is 7.22. The largest absolute Gasteiger partial charge is 0.491 e. The topological polar surface area (TPSA) is 76.5 Å². The lowest BCUT2D eigenvalue weighted by atomic mass is 9.91. The summed E-state index contributed by atoms with van der Waals surface area (Å²) in [5, 5.41) is 3.28. The Kier molecular flexibility index (Phi) is 6.26. The molecule has 1 aromatic heterocycles. The fourth-order valence-electron chi connectivity index (χ4n) is 5.29. The summed E-state index contributed by atoms with van der Waals surface area (Å²) in [5.74, 6) is 0.847. The highest BCUT2D eigenvalue weighted by atomic mass is 16.5. The number of fused-ring (bicyclic) bond motifs is 3. The fourth-order valence-corrected chi connectivity index (χ4v) is 5.29. The van der Waals surface area contributed by atoms with Crippen LogP contribution in [-0.4, -0.2) is 44.0 Å². The second kappa shape index (κ2) is 9.36. The molecule has 0 radical (unpaired) electrons. The number of carbonyl (C=O) groups is 2. The number of amides is 2. The van der Waals surface area contributed by atoms with Gasteiger partial charge in [0.05, 0.1) is 23.7 Å². The van der Waals surface area contributed by atoms with Crippen molar-refractivity contribution in [1.82, 2.24) is 19.8 Å². The second-order valence-electron chi connectivity index (χ2n) is 10.3. The van der Waals surface area contributed by atoms with Crippen molar-refractivity contribution >= 4 is 22.8 Å². The maximum Gasteiger partial charge on any atom is 0.291 e. The molecular weight excluding hydrogens is 440 g/mol. The number of imidazole rings is 1. The van der Waals surface area contributed by atoms with Crippen LogP contribution in [0, 0.1) is 0 Å². The first-order valence-corrected chi connectivity index (χ1v) is 12.7. The average Bonchev–Trinajstić information content (AvgIpc) is 3.21. The second-order valence-corrected chi connectivity index (χ2v) is 10.3. The van der Waals surface area contributed by atoms with Gasteiger partial charge in [0, 0.05) is 12.6 Å². The number of ether oxygens (including phenoxy) is 1. The minimum Gasteiger partial charge on any atom is -0.491 e. The van der Waals surface area contributed by atoms with E-state index in [1.54, 1.807) is 4.90 Å². The smallest absolute Gasteiger partial charge is 0.291 e. The molecule has 3 aromatic rings. The van der Waals surface area contributed by atoms with Gasteiger partial charge in [-0.2, -0.15) is 0 Å². The number of carbonyl (C=O) groups excluding carboxylic acids is 2. The standard InChI is InChI=1S/C28H34N4O3/c1-19(2)35-22-15-13-20(14-16-22)17-32-26(33)25-30-23-11-7-8-12-24(23)31(25)18-28(32,3)27(34)29-21-9-5-4-6-10-21/h7-8,11-16,19,21H,4-6,9-10,17-18H2,1-3H3,(H,29,34)/t28-/m0/s1. The highest BCUT2D eigenvalue weighted by Crippen LogP contribution is 2.33. The molecule has 2 aliphatic rings. The molecule has 1 atom stereocenters. The van der Waals surface area contributed by atoms with Crippen molar-refractivity contribution in [2.75, 3.05) is 0 Å². The van der Waals surface area contributed by atoms with E-state index in [1.807, 2.05) is 73.9 Å². The van der Waals surface area contributed by atoms with Crippen LogP contribution in [0.5, 0.6) is 5.75 Å². The van der Waals surface area contributed by atoms with Crippen molar-refractivity contribution in [3.05, 3.63) is 59.9 Å². The monoisotopic (exact) mass is 474 g/mol. The summed E-state index contributed by atoms with van der Waals surface area (Å²) in [6.07, 6.45) is 5.55. The van der Waals surface area contributed by atoms with E-state index < -0.39 is 5.54 Å². The summed E-state index contributed by atoms with van der Waals surface area (Å²) in [7, 11) is 0. The summed E-state index contributed by atoms with van der Waals surface area (Å²) in [5.41, 5.74) is 1.54. The van der Waals surface area contributed by atoms with Gasteiger partial charge in [0.2, 0.25) is 5.91 Å². The Morgan fingerprint density at radius 1 is 1.11 bits per heavy atom. The van der Waals surface area contributed by atoms with Gasteiger partial charge < -0.3 is 19.5 Å². The van der Waals surface area contributed by atoms with Gasteiger partial charge in [-0.3, -0.25) is 9.59 Å². The number of hydrogen-bond donors (Lipinski definition) is 1. The van der Waals surface area contributed by atoms with Gasteiger partial charge in [0.25, 0.3) is 5.91 Å². The maximum atomic E-state index is 13.9. The normalized spacial score (nSPS) is 20.8. The van der Waals surface area contributed by atoms with Gasteiger partial charge in [-0.05, 0) is 63.4 Å². The number of nitrogens with one attached hydrogen (secondary N) is 1. The quantitative estimate of drug-likeness (QED) is 0.563. The molecule has 5 rings (SSSR count). The van der Waals surface area contributed by atoms with Gasteiger partial charge >= 0.3 is 0 Å². The van der Waals surface area contributed by atoms with Crippen LogP contribution in [0.15, 0.2) is 48.5 Å². The molecule has 0 spiro atoms. The van der Waals surface area contributed by atoms with E-state index in [4.69, 9.17) is 4.74 Å². The van der Waals surface area contributed by atoms with Crippen LogP contribution in [0.1, 0.15) is 69.1 Å². The molecule has 0 saturated heterocycles. The highest BCUT2D eigenvalue weighted by molar-refractivity contribution is 6.01. The molecule has 2 heterocycles. The average molecular weight is 475 g/mol. The zero-order valence-corrected chi connectivity index (χ0v) is 20.8. The summed E-state index contributed by atoms with van der Waals surface area (Å²) in [6, 6.07) is 15.6. The third-order valence-corrected chi connectivity index (χ3v) is 7.22.